The zero-order chi connectivity index (χ0) is 12.5. The first-order chi connectivity index (χ1) is 7.97. The second-order valence-corrected chi connectivity index (χ2v) is 5.81. The number of nitrogens with two attached hydrogens (primary N) is 1. The maximum atomic E-state index is 6.34. The summed E-state index contributed by atoms with van der Waals surface area (Å²) < 4.78 is 0. The Labute approximate surface area is 110 Å². The summed E-state index contributed by atoms with van der Waals surface area (Å²) in [7, 11) is 0. The van der Waals surface area contributed by atoms with Gasteiger partial charge in [0.2, 0.25) is 0 Å². The average Bonchev–Trinajstić information content (AvgIpc) is 2.69. The predicted molar refractivity (Wildman–Crippen MR) is 73.5 cm³/mol. The van der Waals surface area contributed by atoms with Gasteiger partial charge in [0, 0.05) is 16.1 Å². The van der Waals surface area contributed by atoms with E-state index in [0.717, 1.165) is 22.1 Å². The molecule has 2 N–H and O–H groups in total. The van der Waals surface area contributed by atoms with Crippen LogP contribution in [0.4, 0.5) is 0 Å². The molecule has 4 heteroatoms. The van der Waals surface area contributed by atoms with Crippen LogP contribution in [0, 0.1) is 6.92 Å². The van der Waals surface area contributed by atoms with Gasteiger partial charge in [-0.1, -0.05) is 23.7 Å². The van der Waals surface area contributed by atoms with Gasteiger partial charge in [-0.3, -0.25) is 0 Å². The van der Waals surface area contributed by atoms with E-state index < -0.39 is 5.54 Å². The van der Waals surface area contributed by atoms with E-state index >= 15 is 0 Å². The molecule has 90 valence electrons. The van der Waals surface area contributed by atoms with Gasteiger partial charge in [0.05, 0.1) is 5.54 Å². The normalized spacial score (nSPS) is 14.6. The summed E-state index contributed by atoms with van der Waals surface area (Å²) >= 11 is 7.48. The largest absolute Gasteiger partial charge is 0.319 e. The van der Waals surface area contributed by atoms with Crippen molar-refractivity contribution in [2.24, 2.45) is 5.73 Å². The lowest BCUT2D eigenvalue weighted by molar-refractivity contribution is 0.487. The van der Waals surface area contributed by atoms with E-state index in [2.05, 4.69) is 4.98 Å². The van der Waals surface area contributed by atoms with Gasteiger partial charge in [0.1, 0.15) is 5.01 Å². The summed E-state index contributed by atoms with van der Waals surface area (Å²) in [5.74, 6) is 0. The minimum atomic E-state index is -0.424. The van der Waals surface area contributed by atoms with Gasteiger partial charge < -0.3 is 5.73 Å². The standard InChI is InChI=1S/C13H15ClN2S/c1-9-8-17-12(16-9)13(2,15)7-10-3-5-11(14)6-4-10/h3-6,8H,7,15H2,1-2H3. The average molecular weight is 267 g/mol. The van der Waals surface area contributed by atoms with Gasteiger partial charge in [-0.2, -0.15) is 0 Å². The van der Waals surface area contributed by atoms with Gasteiger partial charge in [-0.15, -0.1) is 11.3 Å². The Morgan fingerprint density at radius 1 is 1.35 bits per heavy atom. The minimum Gasteiger partial charge on any atom is -0.319 e. The topological polar surface area (TPSA) is 38.9 Å². The first-order valence-electron chi connectivity index (χ1n) is 5.43. The molecule has 0 radical (unpaired) electrons. The predicted octanol–water partition coefficient (Wildman–Crippen LogP) is 3.52. The van der Waals surface area contributed by atoms with Crippen LogP contribution < -0.4 is 5.73 Å². The van der Waals surface area contributed by atoms with E-state index in [-0.39, 0.29) is 0 Å². The molecular formula is C13H15ClN2S. The number of nitrogens with zero attached hydrogens (tertiary/aromatic N) is 1. The van der Waals surface area contributed by atoms with E-state index in [4.69, 9.17) is 17.3 Å². The van der Waals surface area contributed by atoms with E-state index in [9.17, 15) is 0 Å². The number of thiazole rings is 1. The molecule has 0 amide bonds. The van der Waals surface area contributed by atoms with E-state index in [1.807, 2.05) is 43.5 Å². The van der Waals surface area contributed by atoms with Crippen LogP contribution in [0.5, 0.6) is 0 Å². The van der Waals surface area contributed by atoms with Crippen LogP contribution in [-0.2, 0) is 12.0 Å². The fourth-order valence-electron chi connectivity index (χ4n) is 1.72. The van der Waals surface area contributed by atoms with Gasteiger partial charge in [0.25, 0.3) is 0 Å². The monoisotopic (exact) mass is 266 g/mol. The first kappa shape index (κ1) is 12.6. The van der Waals surface area contributed by atoms with E-state index in [0.29, 0.717) is 0 Å². The molecule has 1 aromatic carbocycles. The van der Waals surface area contributed by atoms with Crippen molar-refractivity contribution in [2.45, 2.75) is 25.8 Å². The van der Waals surface area contributed by atoms with Crippen LogP contribution in [0.3, 0.4) is 0 Å². The maximum absolute atomic E-state index is 6.34. The molecule has 0 saturated heterocycles. The second kappa shape index (κ2) is 4.77. The van der Waals surface area contributed by atoms with Crippen molar-refractivity contribution in [3.05, 3.63) is 50.9 Å². The highest BCUT2D eigenvalue weighted by atomic mass is 35.5. The number of aryl methyl sites for hydroxylation is 1. The van der Waals surface area contributed by atoms with Crippen LogP contribution in [0.25, 0.3) is 0 Å². The van der Waals surface area contributed by atoms with Crippen molar-refractivity contribution in [3.8, 4) is 0 Å². The Kier molecular flexibility index (Phi) is 3.52. The highest BCUT2D eigenvalue weighted by molar-refractivity contribution is 7.09. The molecule has 0 fully saturated rings. The van der Waals surface area contributed by atoms with Gasteiger partial charge in [-0.25, -0.2) is 4.98 Å². The Balaban J connectivity index is 2.19. The van der Waals surface area contributed by atoms with Gasteiger partial charge >= 0.3 is 0 Å². The molecular weight excluding hydrogens is 252 g/mol. The number of halogens is 1. The summed E-state index contributed by atoms with van der Waals surface area (Å²) in [6.45, 7) is 4.00. The number of hydrogen-bond donors (Lipinski definition) is 1. The molecule has 2 aromatic rings. The molecule has 0 aliphatic rings. The van der Waals surface area contributed by atoms with E-state index in [1.54, 1.807) is 11.3 Å². The summed E-state index contributed by atoms with van der Waals surface area (Å²) in [5.41, 5.74) is 8.11. The zero-order valence-electron chi connectivity index (χ0n) is 9.90. The Bertz CT molecular complexity index is 502. The first-order valence-corrected chi connectivity index (χ1v) is 6.69. The van der Waals surface area contributed by atoms with Crippen LogP contribution in [0.15, 0.2) is 29.6 Å². The zero-order valence-corrected chi connectivity index (χ0v) is 11.5. The molecule has 2 nitrogen and oxygen atoms in total. The SMILES string of the molecule is Cc1csc(C(C)(N)Cc2ccc(Cl)cc2)n1. The summed E-state index contributed by atoms with van der Waals surface area (Å²) in [6.07, 6.45) is 0.761. The number of aromatic nitrogens is 1. The molecule has 0 aliphatic carbocycles. The Morgan fingerprint density at radius 3 is 2.53 bits per heavy atom. The highest BCUT2D eigenvalue weighted by Gasteiger charge is 2.24. The molecule has 0 bridgehead atoms. The van der Waals surface area contributed by atoms with E-state index in [1.165, 1.54) is 5.56 Å². The van der Waals surface area contributed by atoms with Crippen molar-refractivity contribution >= 4 is 22.9 Å². The lowest BCUT2D eigenvalue weighted by atomic mass is 9.95. The minimum absolute atomic E-state index is 0.424. The molecule has 0 aliphatic heterocycles. The van der Waals surface area contributed by atoms with Crippen molar-refractivity contribution in [2.75, 3.05) is 0 Å². The summed E-state index contributed by atoms with van der Waals surface area (Å²) in [4.78, 5) is 4.46. The van der Waals surface area contributed by atoms with Crippen LogP contribution in [-0.4, -0.2) is 4.98 Å². The fraction of sp³-hybridized carbons (Fsp3) is 0.308. The Morgan fingerprint density at radius 2 is 2.00 bits per heavy atom. The number of rotatable bonds is 3. The molecule has 1 atom stereocenters. The molecule has 1 heterocycles. The lowest BCUT2D eigenvalue weighted by Gasteiger charge is -2.22. The molecule has 1 unspecified atom stereocenters. The van der Waals surface area contributed by atoms with Crippen LogP contribution in [0.1, 0.15) is 23.2 Å². The second-order valence-electron chi connectivity index (χ2n) is 4.51. The third-order valence-electron chi connectivity index (χ3n) is 2.59. The third kappa shape index (κ3) is 3.06. The van der Waals surface area contributed by atoms with Crippen LogP contribution in [0.2, 0.25) is 5.02 Å². The third-order valence-corrected chi connectivity index (χ3v) is 4.08. The Hall–Kier alpha value is -0.900. The molecule has 0 spiro atoms. The van der Waals surface area contributed by atoms with Crippen molar-refractivity contribution in [1.29, 1.82) is 0 Å². The van der Waals surface area contributed by atoms with Crippen molar-refractivity contribution in [3.63, 3.8) is 0 Å². The number of benzene rings is 1. The molecule has 1 aromatic heterocycles. The maximum Gasteiger partial charge on any atom is 0.113 e. The number of hydrogen-bond acceptors (Lipinski definition) is 3. The lowest BCUT2D eigenvalue weighted by Crippen LogP contribution is -2.35. The van der Waals surface area contributed by atoms with Gasteiger partial charge in [-0.05, 0) is 38.0 Å². The van der Waals surface area contributed by atoms with Crippen molar-refractivity contribution < 1.29 is 0 Å². The highest BCUT2D eigenvalue weighted by Crippen LogP contribution is 2.26. The van der Waals surface area contributed by atoms with Crippen molar-refractivity contribution in [1.82, 2.24) is 4.98 Å². The molecule has 17 heavy (non-hydrogen) atoms. The van der Waals surface area contributed by atoms with Crippen LogP contribution >= 0.6 is 22.9 Å². The summed E-state index contributed by atoms with van der Waals surface area (Å²) in [6, 6.07) is 7.79. The molecule has 2 rings (SSSR count). The molecule has 0 saturated carbocycles. The fourth-order valence-corrected chi connectivity index (χ4v) is 2.72. The smallest absolute Gasteiger partial charge is 0.113 e. The van der Waals surface area contributed by atoms with Gasteiger partial charge in [0.15, 0.2) is 0 Å². The quantitative estimate of drug-likeness (QED) is 0.923. The summed E-state index contributed by atoms with van der Waals surface area (Å²) in [5, 5.41) is 3.75.